The van der Waals surface area contributed by atoms with Crippen LogP contribution in [0.25, 0.3) is 16.5 Å². The number of anilines is 1. The van der Waals surface area contributed by atoms with Gasteiger partial charge in [-0.15, -0.1) is 0 Å². The Kier molecular flexibility index (Phi) is 6.74. The molecule has 37 heavy (non-hydrogen) atoms. The van der Waals surface area contributed by atoms with Gasteiger partial charge in [-0.2, -0.15) is 0 Å². The molecule has 0 saturated heterocycles. The molecule has 0 fully saturated rings. The van der Waals surface area contributed by atoms with Crippen molar-refractivity contribution in [2.75, 3.05) is 26.6 Å². The molecular formula is C29H27N3O4S. The number of phenolic OH excluding ortho intramolecular Hbond substituents is 1. The van der Waals surface area contributed by atoms with Crippen molar-refractivity contribution in [2.24, 2.45) is 0 Å². The predicted molar refractivity (Wildman–Crippen MR) is 150 cm³/mol. The number of rotatable bonds is 6. The van der Waals surface area contributed by atoms with Crippen LogP contribution in [0.4, 0.5) is 5.69 Å². The predicted octanol–water partition coefficient (Wildman–Crippen LogP) is 5.87. The Morgan fingerprint density at radius 1 is 0.865 bits per heavy atom. The molecule has 0 aromatic heterocycles. The Balaban J connectivity index is 1.59. The van der Waals surface area contributed by atoms with Crippen LogP contribution < -0.4 is 25.0 Å². The summed E-state index contributed by atoms with van der Waals surface area (Å²) in [5.41, 5.74) is 6.35. The maximum Gasteiger partial charge on any atom is 0.193 e. The van der Waals surface area contributed by atoms with Gasteiger partial charge in [0.05, 0.1) is 32.7 Å². The minimum Gasteiger partial charge on any atom is -0.507 e. The smallest absolute Gasteiger partial charge is 0.193 e. The van der Waals surface area contributed by atoms with Crippen molar-refractivity contribution in [3.05, 3.63) is 96.1 Å². The largest absolute Gasteiger partial charge is 0.507 e. The molecule has 1 unspecified atom stereocenters. The topological polar surface area (TPSA) is 75.2 Å². The fourth-order valence-electron chi connectivity index (χ4n) is 4.57. The number of fused-ring (bicyclic) bond motifs is 1. The molecule has 1 heterocycles. The van der Waals surface area contributed by atoms with E-state index in [-0.39, 0.29) is 11.8 Å². The standard InChI is InChI=1S/C29H27N3O4S/c1-34-25-13-7-6-12-22(25)30-29(37)32-24(21-11-8-14-26(35-2)28(21)36-3)17-23(31-32)20-16-15-18-9-4-5-10-19(18)27(20)33/h4-17,24,31,33H,1-3H3,(H,30,37). The average molecular weight is 514 g/mol. The van der Waals surface area contributed by atoms with E-state index in [1.54, 1.807) is 21.3 Å². The van der Waals surface area contributed by atoms with Crippen LogP contribution in [0.15, 0.2) is 84.9 Å². The molecule has 4 aromatic rings. The quantitative estimate of drug-likeness (QED) is 0.277. The highest BCUT2D eigenvalue weighted by molar-refractivity contribution is 7.80. The van der Waals surface area contributed by atoms with E-state index in [2.05, 4.69) is 10.7 Å². The molecule has 7 nitrogen and oxygen atoms in total. The maximum absolute atomic E-state index is 11.2. The maximum atomic E-state index is 11.2. The van der Waals surface area contributed by atoms with Crippen LogP contribution in [0.2, 0.25) is 0 Å². The monoisotopic (exact) mass is 513 g/mol. The third-order valence-corrected chi connectivity index (χ3v) is 6.65. The number of methoxy groups -OCH3 is 3. The number of nitrogens with zero attached hydrogens (tertiary/aromatic N) is 1. The first-order valence-corrected chi connectivity index (χ1v) is 12.1. The van der Waals surface area contributed by atoms with Crippen LogP contribution >= 0.6 is 12.2 Å². The van der Waals surface area contributed by atoms with Crippen molar-refractivity contribution in [1.82, 2.24) is 10.4 Å². The molecule has 0 amide bonds. The van der Waals surface area contributed by atoms with Gasteiger partial charge in [-0.05, 0) is 47.9 Å². The Labute approximate surface area is 220 Å². The van der Waals surface area contributed by atoms with Gasteiger partial charge in [-0.3, -0.25) is 10.4 Å². The van der Waals surface area contributed by atoms with Gasteiger partial charge >= 0.3 is 0 Å². The molecule has 1 aliphatic rings. The zero-order chi connectivity index (χ0) is 25.9. The number of benzene rings is 4. The Bertz CT molecular complexity index is 1500. The number of nitrogens with one attached hydrogen (secondary N) is 2. The second-order valence-corrected chi connectivity index (χ2v) is 8.79. The number of ether oxygens (including phenoxy) is 3. The molecule has 4 aromatic carbocycles. The lowest BCUT2D eigenvalue weighted by Gasteiger charge is -2.29. The van der Waals surface area contributed by atoms with Crippen LogP contribution in [0.3, 0.4) is 0 Å². The van der Waals surface area contributed by atoms with Crippen molar-refractivity contribution >= 4 is 39.5 Å². The fraction of sp³-hybridized carbons (Fsp3) is 0.138. The molecule has 5 rings (SSSR count). The third kappa shape index (κ3) is 4.47. The zero-order valence-electron chi connectivity index (χ0n) is 20.7. The van der Waals surface area contributed by atoms with E-state index in [9.17, 15) is 5.11 Å². The van der Waals surface area contributed by atoms with Crippen LogP contribution in [-0.2, 0) is 0 Å². The van der Waals surface area contributed by atoms with E-state index in [0.29, 0.717) is 33.6 Å². The first-order chi connectivity index (χ1) is 18.0. The summed E-state index contributed by atoms with van der Waals surface area (Å²) >= 11 is 5.86. The lowest BCUT2D eigenvalue weighted by molar-refractivity contribution is 0.319. The SMILES string of the molecule is COc1ccccc1NC(=S)N1NC(c2ccc3ccccc3c2O)=CC1c1cccc(OC)c1OC. The van der Waals surface area contributed by atoms with Crippen LogP contribution in [-0.4, -0.2) is 36.6 Å². The number of hydrogen-bond donors (Lipinski definition) is 3. The molecular weight excluding hydrogens is 486 g/mol. The molecule has 0 aliphatic carbocycles. The normalized spacial score (nSPS) is 14.6. The molecule has 3 N–H and O–H groups in total. The average Bonchev–Trinajstić information content (AvgIpc) is 3.38. The summed E-state index contributed by atoms with van der Waals surface area (Å²) in [5, 5.41) is 18.4. The van der Waals surface area contributed by atoms with Gasteiger partial charge in [-0.25, -0.2) is 0 Å². The van der Waals surface area contributed by atoms with E-state index in [1.165, 1.54) is 0 Å². The van der Waals surface area contributed by atoms with Gasteiger partial charge in [0, 0.05) is 16.5 Å². The number of hydrogen-bond acceptors (Lipinski definition) is 6. The van der Waals surface area contributed by atoms with Crippen molar-refractivity contribution in [3.8, 4) is 23.0 Å². The molecule has 188 valence electrons. The number of phenols is 1. The summed E-state index contributed by atoms with van der Waals surface area (Å²) in [6, 6.07) is 24.5. The van der Waals surface area contributed by atoms with E-state index in [1.807, 2.05) is 89.9 Å². The molecule has 8 heteroatoms. The summed E-state index contributed by atoms with van der Waals surface area (Å²) in [4.78, 5) is 0. The third-order valence-electron chi connectivity index (χ3n) is 6.35. The highest BCUT2D eigenvalue weighted by Gasteiger charge is 2.33. The summed E-state index contributed by atoms with van der Waals surface area (Å²) in [5.74, 6) is 2.07. The minimum atomic E-state index is -0.374. The number of thiocarbonyl (C=S) groups is 1. The number of hydrazine groups is 1. The van der Waals surface area contributed by atoms with Gasteiger partial charge in [0.1, 0.15) is 17.5 Å². The number of aromatic hydroxyl groups is 1. The molecule has 0 saturated carbocycles. The highest BCUT2D eigenvalue weighted by Crippen LogP contribution is 2.43. The lowest BCUT2D eigenvalue weighted by atomic mass is 10.0. The van der Waals surface area contributed by atoms with E-state index in [4.69, 9.17) is 26.4 Å². The molecule has 1 atom stereocenters. The first kappa shape index (κ1) is 24.3. The van der Waals surface area contributed by atoms with Gasteiger partial charge in [0.2, 0.25) is 0 Å². The minimum absolute atomic E-state index is 0.193. The van der Waals surface area contributed by atoms with Crippen molar-refractivity contribution in [3.63, 3.8) is 0 Å². The molecule has 0 radical (unpaired) electrons. The van der Waals surface area contributed by atoms with E-state index >= 15 is 0 Å². The molecule has 0 bridgehead atoms. The Morgan fingerprint density at radius 3 is 2.38 bits per heavy atom. The Hall–Kier alpha value is -4.43. The summed E-state index contributed by atoms with van der Waals surface area (Å²) in [7, 11) is 4.83. The van der Waals surface area contributed by atoms with Gasteiger partial charge in [0.25, 0.3) is 0 Å². The van der Waals surface area contributed by atoms with Gasteiger partial charge in [0.15, 0.2) is 16.6 Å². The van der Waals surface area contributed by atoms with E-state index < -0.39 is 0 Å². The molecule has 1 aliphatic heterocycles. The van der Waals surface area contributed by atoms with Gasteiger partial charge < -0.3 is 24.6 Å². The van der Waals surface area contributed by atoms with Crippen molar-refractivity contribution in [2.45, 2.75) is 6.04 Å². The second kappa shape index (κ2) is 10.3. The summed E-state index contributed by atoms with van der Waals surface area (Å²) < 4.78 is 16.8. The summed E-state index contributed by atoms with van der Waals surface area (Å²) in [6.07, 6.45) is 2.01. The van der Waals surface area contributed by atoms with Crippen LogP contribution in [0, 0.1) is 0 Å². The van der Waals surface area contributed by atoms with Gasteiger partial charge in [-0.1, -0.05) is 54.6 Å². The van der Waals surface area contributed by atoms with Crippen LogP contribution in [0.1, 0.15) is 17.2 Å². The first-order valence-electron chi connectivity index (χ1n) is 11.7. The van der Waals surface area contributed by atoms with Crippen molar-refractivity contribution < 1.29 is 19.3 Å². The van der Waals surface area contributed by atoms with Crippen molar-refractivity contribution in [1.29, 1.82) is 0 Å². The summed E-state index contributed by atoms with van der Waals surface area (Å²) in [6.45, 7) is 0. The highest BCUT2D eigenvalue weighted by atomic mass is 32.1. The molecule has 0 spiro atoms. The Morgan fingerprint density at radius 2 is 1.59 bits per heavy atom. The zero-order valence-corrected chi connectivity index (χ0v) is 21.5. The van der Waals surface area contributed by atoms with E-state index in [0.717, 1.165) is 22.0 Å². The van der Waals surface area contributed by atoms with Crippen LogP contribution in [0.5, 0.6) is 23.0 Å². The fourth-order valence-corrected chi connectivity index (χ4v) is 4.83. The lowest BCUT2D eigenvalue weighted by Crippen LogP contribution is -2.42. The number of para-hydroxylation sites is 3. The second-order valence-electron chi connectivity index (χ2n) is 8.40.